The molecule has 0 unspecified atom stereocenters. The molecule has 6 aromatic heterocycles. The van der Waals surface area contributed by atoms with Crippen LogP contribution in [-0.2, 0) is 52.5 Å². The summed E-state index contributed by atoms with van der Waals surface area (Å²) in [5.41, 5.74) is 6.18. The van der Waals surface area contributed by atoms with Gasteiger partial charge in [-0.05, 0) is 61.5 Å². The number of aromatic nitrogens is 6. The first kappa shape index (κ1) is 69.7. The van der Waals surface area contributed by atoms with Crippen LogP contribution in [0.2, 0.25) is 0 Å². The fraction of sp³-hybridized carbons (Fsp3) is 0.531. The van der Waals surface area contributed by atoms with E-state index < -0.39 is 0 Å². The minimum Gasteiger partial charge on any atom is -0.448 e. The first-order chi connectivity index (χ1) is 39.4. The lowest BCUT2D eigenvalue weighted by molar-refractivity contribution is 0.276. The van der Waals surface area contributed by atoms with Crippen LogP contribution < -0.4 is 0 Å². The number of rotatable bonds is 24. The molecule has 0 fully saturated rings. The molecule has 6 atom stereocenters. The molecule has 0 saturated carbocycles. The van der Waals surface area contributed by atoms with E-state index in [1.54, 1.807) is 0 Å². The molecule has 0 amide bonds. The third-order valence-corrected chi connectivity index (χ3v) is 12.8. The second kappa shape index (κ2) is 39.0. The molecule has 0 bridgehead atoms. The van der Waals surface area contributed by atoms with Crippen molar-refractivity contribution in [3.63, 3.8) is 0 Å². The van der Waals surface area contributed by atoms with Crippen molar-refractivity contribution in [1.29, 1.82) is 0 Å². The Morgan fingerprint density at radius 2 is 0.537 bits per heavy atom. The van der Waals surface area contributed by atoms with E-state index in [1.807, 2.05) is 36.4 Å². The fourth-order valence-corrected chi connectivity index (χ4v) is 8.57. The highest BCUT2D eigenvalue weighted by Crippen LogP contribution is 2.26. The van der Waals surface area contributed by atoms with E-state index in [9.17, 15) is 0 Å². The maximum atomic E-state index is 8.90. The van der Waals surface area contributed by atoms with Crippen LogP contribution in [0.4, 0.5) is 0 Å². The summed E-state index contributed by atoms with van der Waals surface area (Å²) >= 11 is 0. The molecule has 0 spiro atoms. The molecule has 8 rings (SSSR count). The lowest BCUT2D eigenvalue weighted by atomic mass is 9.99. The van der Waals surface area contributed by atoms with E-state index in [1.165, 1.54) is 48.7 Å². The van der Waals surface area contributed by atoms with Crippen LogP contribution in [0.15, 0.2) is 125 Å². The van der Waals surface area contributed by atoms with Gasteiger partial charge >= 0.3 is 0 Å². The van der Waals surface area contributed by atoms with E-state index in [0.717, 1.165) is 74.9 Å². The Hall–Kier alpha value is -6.54. The zero-order chi connectivity index (χ0) is 60.4. The molecule has 2 aromatic carbocycles. The summed E-state index contributed by atoms with van der Waals surface area (Å²) in [5, 5.41) is 52.9. The van der Waals surface area contributed by atoms with Crippen molar-refractivity contribution >= 4 is 0 Å². The zero-order valence-electron chi connectivity index (χ0n) is 50.6. The van der Waals surface area contributed by atoms with E-state index in [-0.39, 0.29) is 51.5 Å². The molecule has 452 valence electrons. The van der Waals surface area contributed by atoms with E-state index >= 15 is 0 Å². The van der Waals surface area contributed by atoms with Gasteiger partial charge in [0.25, 0.3) is 0 Å². The summed E-state index contributed by atoms with van der Waals surface area (Å²) in [6.45, 7) is 25.1. The Labute approximate surface area is 485 Å². The average Bonchev–Trinajstić information content (AvgIpc) is 4.40. The molecule has 82 heavy (non-hydrogen) atoms. The SMILES string of the molecule is CC(C)C[C@@H](C)c1nc(CO)co1.CC(C)C[C@H](C)c1nc(CO)co1.CCC[C@@H](C)c1nc(CO)co1.CCC[C@H](C)c1nc(CO)co1.C[C@@H](Cc1ccccc1)c1nc(CO)co1.C[C@H](Cc1ccccc1)c1nc(CO)co1. The Balaban J connectivity index is 0.000000259. The number of nitrogens with zero attached hydrogens (tertiary/aromatic N) is 6. The van der Waals surface area contributed by atoms with Gasteiger partial charge in [0.1, 0.15) is 71.7 Å². The molecule has 0 aliphatic heterocycles. The summed E-state index contributed by atoms with van der Waals surface area (Å²) < 4.78 is 31.5. The van der Waals surface area contributed by atoms with E-state index in [0.29, 0.717) is 81.5 Å². The molecule has 6 heterocycles. The highest BCUT2D eigenvalue weighted by Gasteiger charge is 2.17. The number of hydrogen-bond acceptors (Lipinski definition) is 18. The lowest BCUT2D eigenvalue weighted by Crippen LogP contribution is -1.99. The highest BCUT2D eigenvalue weighted by molar-refractivity contribution is 5.18. The van der Waals surface area contributed by atoms with Crippen molar-refractivity contribution in [3.8, 4) is 0 Å². The quantitative estimate of drug-likeness (QED) is 0.0328. The average molecular weight is 1140 g/mol. The molecule has 6 N–H and O–H groups in total. The summed E-state index contributed by atoms with van der Waals surface area (Å²) in [5.74, 6) is 7.42. The third kappa shape index (κ3) is 26.1. The molecule has 8 aromatic rings. The maximum Gasteiger partial charge on any atom is 0.197 e. The molecular weight excluding hydrogens is 1040 g/mol. The Kier molecular flexibility index (Phi) is 33.2. The molecule has 0 saturated heterocycles. The van der Waals surface area contributed by atoms with Gasteiger partial charge in [-0.25, -0.2) is 29.9 Å². The van der Waals surface area contributed by atoms with E-state index in [2.05, 4.69) is 137 Å². The fourth-order valence-electron chi connectivity index (χ4n) is 8.57. The Bertz CT molecular complexity index is 2620. The van der Waals surface area contributed by atoms with Crippen molar-refractivity contribution < 1.29 is 57.1 Å². The van der Waals surface area contributed by atoms with Gasteiger partial charge < -0.3 is 57.1 Å². The van der Waals surface area contributed by atoms with Crippen LogP contribution in [0, 0.1) is 11.8 Å². The summed E-state index contributed by atoms with van der Waals surface area (Å²) in [7, 11) is 0. The second-order valence-electron chi connectivity index (χ2n) is 21.6. The predicted octanol–water partition coefficient (Wildman–Crippen LogP) is 13.8. The minimum atomic E-state index is -0.0679. The van der Waals surface area contributed by atoms with Gasteiger partial charge in [0.2, 0.25) is 0 Å². The molecule has 0 aliphatic carbocycles. The normalized spacial score (nSPS) is 13.1. The smallest absolute Gasteiger partial charge is 0.197 e. The summed E-state index contributed by atoms with van der Waals surface area (Å²) in [6, 6.07) is 20.5. The molecule has 18 nitrogen and oxygen atoms in total. The lowest BCUT2D eigenvalue weighted by Gasteiger charge is -2.09. The number of oxazole rings is 6. The zero-order valence-corrected chi connectivity index (χ0v) is 50.6. The van der Waals surface area contributed by atoms with Gasteiger partial charge in [-0.15, -0.1) is 0 Å². The van der Waals surface area contributed by atoms with Gasteiger partial charge in [0.15, 0.2) is 35.3 Å². The van der Waals surface area contributed by atoms with Crippen LogP contribution in [0.3, 0.4) is 0 Å². The number of benzene rings is 2. The van der Waals surface area contributed by atoms with Crippen LogP contribution in [-0.4, -0.2) is 60.5 Å². The van der Waals surface area contributed by atoms with Crippen LogP contribution in [0.5, 0.6) is 0 Å². The minimum absolute atomic E-state index is 0.0393. The molecular formula is C64H94N6O12. The van der Waals surface area contributed by atoms with Crippen molar-refractivity contribution in [2.24, 2.45) is 11.8 Å². The van der Waals surface area contributed by atoms with Crippen molar-refractivity contribution in [2.45, 2.75) is 210 Å². The van der Waals surface area contributed by atoms with Gasteiger partial charge in [0, 0.05) is 35.5 Å². The van der Waals surface area contributed by atoms with Gasteiger partial charge in [-0.3, -0.25) is 0 Å². The van der Waals surface area contributed by atoms with Crippen molar-refractivity contribution in [3.05, 3.63) is 179 Å². The topological polar surface area (TPSA) is 278 Å². The van der Waals surface area contributed by atoms with Crippen LogP contribution >= 0.6 is 0 Å². The summed E-state index contributed by atoms with van der Waals surface area (Å²) in [4.78, 5) is 25.0. The number of aliphatic hydroxyl groups excluding tert-OH is 6. The first-order valence-electron chi connectivity index (χ1n) is 28.8. The van der Waals surface area contributed by atoms with Gasteiger partial charge in [-0.2, -0.15) is 0 Å². The van der Waals surface area contributed by atoms with E-state index in [4.69, 9.17) is 57.1 Å². The van der Waals surface area contributed by atoms with Crippen molar-refractivity contribution in [1.82, 2.24) is 29.9 Å². The number of hydrogen-bond donors (Lipinski definition) is 6. The second-order valence-corrected chi connectivity index (χ2v) is 21.6. The standard InChI is InChI=1S/2C13H15NO2.2C10H17NO2.2C9H15NO2/c2*1-10(7-11-5-3-2-4-6-11)13-14-12(8-15)9-16-13;2*1-7(2)4-8(3)10-11-9(5-12)6-13-10;2*1-3-4-7(2)9-10-8(5-11)6-12-9/h2*2-6,9-10,15H,7-8H2,1H3;2*6-8,12H,4-5H2,1-3H3;2*6-7,11H,3-5H2,1-2H3/t2*10-;2*8-;2*7-/m101010/s1. The highest BCUT2D eigenvalue weighted by atomic mass is 16.4. The Morgan fingerprint density at radius 3 is 0.732 bits per heavy atom. The molecule has 0 aliphatic rings. The third-order valence-electron chi connectivity index (χ3n) is 12.8. The maximum absolute atomic E-state index is 8.90. The summed E-state index contributed by atoms with van der Waals surface area (Å²) in [6.07, 6.45) is 17.4. The van der Waals surface area contributed by atoms with Crippen LogP contribution in [0.25, 0.3) is 0 Å². The van der Waals surface area contributed by atoms with Crippen molar-refractivity contribution in [2.75, 3.05) is 0 Å². The number of aliphatic hydroxyl groups is 6. The largest absolute Gasteiger partial charge is 0.448 e. The first-order valence-corrected chi connectivity index (χ1v) is 28.8. The van der Waals surface area contributed by atoms with Gasteiger partial charge in [-0.1, -0.05) is 157 Å². The monoisotopic (exact) mass is 1140 g/mol. The molecule has 0 radical (unpaired) electrons. The van der Waals surface area contributed by atoms with Crippen LogP contribution in [0.1, 0.15) is 238 Å². The molecule has 18 heteroatoms. The van der Waals surface area contributed by atoms with Gasteiger partial charge in [0.05, 0.1) is 39.6 Å². The Morgan fingerprint density at radius 1 is 0.317 bits per heavy atom. The predicted molar refractivity (Wildman–Crippen MR) is 314 cm³/mol.